The quantitative estimate of drug-likeness (QED) is 0.417. The zero-order chi connectivity index (χ0) is 24.4. The van der Waals surface area contributed by atoms with E-state index < -0.39 is 29.7 Å². The average Bonchev–Trinajstić information content (AvgIpc) is 3.14. The molecule has 1 unspecified atom stereocenters. The molecule has 1 aromatic heterocycles. The molecule has 0 spiro atoms. The van der Waals surface area contributed by atoms with Gasteiger partial charge in [0.1, 0.15) is 18.2 Å². The number of amides is 1. The molecule has 0 aliphatic carbocycles. The minimum atomic E-state index is -1.19. The highest BCUT2D eigenvalue weighted by Crippen LogP contribution is 2.26. The van der Waals surface area contributed by atoms with Crippen molar-refractivity contribution < 1.29 is 37.9 Å². The van der Waals surface area contributed by atoms with Gasteiger partial charge >= 0.3 is 18.0 Å². The highest BCUT2D eigenvalue weighted by molar-refractivity contribution is 5.89. The molecular formula is C23H30N2O8. The van der Waals surface area contributed by atoms with Crippen molar-refractivity contribution in [3.63, 3.8) is 0 Å². The Morgan fingerprint density at radius 3 is 2.33 bits per heavy atom. The van der Waals surface area contributed by atoms with Crippen molar-refractivity contribution >= 4 is 18.0 Å². The molecule has 0 saturated heterocycles. The molecule has 1 aromatic carbocycles. The fourth-order valence-electron chi connectivity index (χ4n) is 2.76. The predicted octanol–water partition coefficient (Wildman–Crippen LogP) is 3.43. The maximum Gasteiger partial charge on any atom is 0.408 e. The molecule has 1 amide bonds. The number of alkyl carbamates (subject to hydrolysis) is 1. The van der Waals surface area contributed by atoms with Gasteiger partial charge in [-0.15, -0.1) is 0 Å². The highest BCUT2D eigenvalue weighted by Gasteiger charge is 2.32. The molecule has 0 saturated carbocycles. The summed E-state index contributed by atoms with van der Waals surface area (Å²) in [4.78, 5) is 37.3. The number of carbonyl (C=O) groups is 3. The summed E-state index contributed by atoms with van der Waals surface area (Å²) in [5.41, 5.74) is 0.247. The van der Waals surface area contributed by atoms with Crippen molar-refractivity contribution in [1.82, 2.24) is 10.5 Å². The molecule has 2 rings (SSSR count). The number of benzene rings is 1. The van der Waals surface area contributed by atoms with E-state index in [-0.39, 0.29) is 43.4 Å². The fourth-order valence-corrected chi connectivity index (χ4v) is 2.76. The summed E-state index contributed by atoms with van der Waals surface area (Å²) < 4.78 is 26.3. The molecule has 10 heteroatoms. The second kappa shape index (κ2) is 11.9. The highest BCUT2D eigenvalue weighted by atomic mass is 16.6. The summed E-state index contributed by atoms with van der Waals surface area (Å²) in [6, 6.07) is 8.11. The van der Waals surface area contributed by atoms with Gasteiger partial charge in [-0.25, -0.2) is 14.4 Å². The third-order valence-corrected chi connectivity index (χ3v) is 4.10. The van der Waals surface area contributed by atoms with E-state index in [1.165, 1.54) is 0 Å². The van der Waals surface area contributed by atoms with E-state index in [4.69, 9.17) is 23.5 Å². The number of hydrogen-bond acceptors (Lipinski definition) is 9. The van der Waals surface area contributed by atoms with Crippen LogP contribution in [0.2, 0.25) is 0 Å². The van der Waals surface area contributed by atoms with Gasteiger partial charge in [-0.3, -0.25) is 0 Å². The summed E-state index contributed by atoms with van der Waals surface area (Å²) in [5, 5.41) is 6.32. The van der Waals surface area contributed by atoms with Gasteiger partial charge in [0, 0.05) is 6.42 Å². The smallest absolute Gasteiger partial charge is 0.408 e. The third-order valence-electron chi connectivity index (χ3n) is 4.10. The first-order valence-corrected chi connectivity index (χ1v) is 10.6. The number of esters is 2. The lowest BCUT2D eigenvalue weighted by atomic mass is 10.1. The number of hydrogen-bond donors (Lipinski definition) is 1. The van der Waals surface area contributed by atoms with Gasteiger partial charge in [0.15, 0.2) is 0 Å². The largest absolute Gasteiger partial charge is 0.470 e. The van der Waals surface area contributed by atoms with Crippen molar-refractivity contribution in [2.45, 2.75) is 59.3 Å². The Labute approximate surface area is 192 Å². The minimum absolute atomic E-state index is 0.00203. The van der Waals surface area contributed by atoms with Crippen LogP contribution < -0.4 is 10.1 Å². The van der Waals surface area contributed by atoms with Gasteiger partial charge in [-0.2, -0.15) is 0 Å². The van der Waals surface area contributed by atoms with Crippen LogP contribution in [0, 0.1) is 0 Å². The van der Waals surface area contributed by atoms with Crippen LogP contribution in [0.25, 0.3) is 0 Å². The van der Waals surface area contributed by atoms with Crippen molar-refractivity contribution in [2.75, 3.05) is 13.2 Å². The van der Waals surface area contributed by atoms with Crippen LogP contribution in [-0.2, 0) is 32.0 Å². The van der Waals surface area contributed by atoms with E-state index in [9.17, 15) is 14.4 Å². The van der Waals surface area contributed by atoms with Crippen LogP contribution in [0.1, 0.15) is 56.3 Å². The monoisotopic (exact) mass is 462 g/mol. The molecule has 10 nitrogen and oxygen atoms in total. The lowest BCUT2D eigenvalue weighted by Crippen LogP contribution is -2.45. The molecular weight excluding hydrogens is 432 g/mol. The second-order valence-electron chi connectivity index (χ2n) is 7.95. The van der Waals surface area contributed by atoms with Crippen LogP contribution in [0.3, 0.4) is 0 Å². The van der Waals surface area contributed by atoms with Crippen molar-refractivity contribution in [3.05, 3.63) is 47.2 Å². The molecule has 180 valence electrons. The fraction of sp³-hybridized carbons (Fsp3) is 0.478. The summed E-state index contributed by atoms with van der Waals surface area (Å²) in [6.45, 7) is 8.72. The lowest BCUT2D eigenvalue weighted by Gasteiger charge is -2.22. The maximum atomic E-state index is 12.6. The van der Waals surface area contributed by atoms with E-state index >= 15 is 0 Å². The zero-order valence-corrected chi connectivity index (χ0v) is 19.5. The van der Waals surface area contributed by atoms with Gasteiger partial charge in [0.05, 0.1) is 18.8 Å². The van der Waals surface area contributed by atoms with Crippen LogP contribution in [0.15, 0.2) is 34.9 Å². The molecule has 1 atom stereocenters. The van der Waals surface area contributed by atoms with E-state index in [2.05, 4.69) is 10.5 Å². The maximum absolute atomic E-state index is 12.6. The Bertz CT molecular complexity index is 934. The zero-order valence-electron chi connectivity index (χ0n) is 19.5. The molecule has 0 bridgehead atoms. The van der Waals surface area contributed by atoms with Crippen LogP contribution >= 0.6 is 0 Å². The van der Waals surface area contributed by atoms with Crippen LogP contribution in [0.4, 0.5) is 4.79 Å². The van der Waals surface area contributed by atoms with Crippen molar-refractivity contribution in [2.24, 2.45) is 0 Å². The predicted molar refractivity (Wildman–Crippen MR) is 117 cm³/mol. The normalized spacial score (nSPS) is 11.9. The summed E-state index contributed by atoms with van der Waals surface area (Å²) in [5.74, 6) is -1.70. The van der Waals surface area contributed by atoms with E-state index in [0.717, 1.165) is 5.56 Å². The Morgan fingerprint density at radius 1 is 1.06 bits per heavy atom. The SMILES string of the molecule is CCOC(=O)c1onc(OCc2ccccc2)c1CC(NC(=O)OC(C)(C)C)C(=O)OCC. The van der Waals surface area contributed by atoms with Gasteiger partial charge in [0.25, 0.3) is 11.6 Å². The number of aromatic nitrogens is 1. The third kappa shape index (κ3) is 8.13. The van der Waals surface area contributed by atoms with E-state index in [1.54, 1.807) is 34.6 Å². The Kier molecular flexibility index (Phi) is 9.26. The van der Waals surface area contributed by atoms with Crippen LogP contribution in [0.5, 0.6) is 5.88 Å². The number of nitrogens with one attached hydrogen (secondary N) is 1. The van der Waals surface area contributed by atoms with E-state index in [1.807, 2.05) is 30.3 Å². The molecule has 0 aliphatic rings. The van der Waals surface area contributed by atoms with Crippen LogP contribution in [-0.4, -0.2) is 48.0 Å². The Hall–Kier alpha value is -3.56. The van der Waals surface area contributed by atoms with Gasteiger partial charge < -0.3 is 28.8 Å². The summed E-state index contributed by atoms with van der Waals surface area (Å²) in [6.07, 6.45) is -1.01. The average molecular weight is 462 g/mol. The molecule has 1 N–H and O–H groups in total. The summed E-state index contributed by atoms with van der Waals surface area (Å²) in [7, 11) is 0. The Balaban J connectivity index is 2.32. The van der Waals surface area contributed by atoms with Crippen molar-refractivity contribution in [3.8, 4) is 5.88 Å². The van der Waals surface area contributed by atoms with Crippen molar-refractivity contribution in [1.29, 1.82) is 0 Å². The minimum Gasteiger partial charge on any atom is -0.470 e. The Morgan fingerprint density at radius 2 is 1.73 bits per heavy atom. The standard InChI is InChI=1S/C23H30N2O8/c1-6-29-20(26)17(24-22(28)32-23(3,4)5)13-16-18(21(27)30-7-2)33-25-19(16)31-14-15-11-9-8-10-12-15/h8-12,17H,6-7,13-14H2,1-5H3,(H,24,28). The number of carbonyl (C=O) groups excluding carboxylic acids is 3. The van der Waals surface area contributed by atoms with E-state index in [0.29, 0.717) is 0 Å². The molecule has 0 fully saturated rings. The van der Waals surface area contributed by atoms with Gasteiger partial charge in [-0.1, -0.05) is 30.3 Å². The number of nitrogens with zero attached hydrogens (tertiary/aromatic N) is 1. The second-order valence-corrected chi connectivity index (χ2v) is 7.95. The van der Waals surface area contributed by atoms with Gasteiger partial charge in [0.2, 0.25) is 0 Å². The summed E-state index contributed by atoms with van der Waals surface area (Å²) >= 11 is 0. The topological polar surface area (TPSA) is 126 Å². The van der Waals surface area contributed by atoms with Gasteiger partial charge in [-0.05, 0) is 45.3 Å². The molecule has 0 aliphatic heterocycles. The number of rotatable bonds is 10. The first-order chi connectivity index (χ1) is 15.6. The first kappa shape index (κ1) is 25.7. The molecule has 33 heavy (non-hydrogen) atoms. The first-order valence-electron chi connectivity index (χ1n) is 10.6. The molecule has 2 aromatic rings. The number of ether oxygens (including phenoxy) is 4. The molecule has 1 heterocycles. The molecule has 0 radical (unpaired) electrons. The lowest BCUT2D eigenvalue weighted by molar-refractivity contribution is -0.145.